The Bertz CT molecular complexity index is 367. The molecule has 0 aliphatic heterocycles. The van der Waals surface area contributed by atoms with Crippen molar-refractivity contribution < 1.29 is 10.2 Å². The highest BCUT2D eigenvalue weighted by molar-refractivity contribution is 5.27. The maximum atomic E-state index is 9.64. The predicted molar refractivity (Wildman–Crippen MR) is 104 cm³/mol. The third-order valence-corrected chi connectivity index (χ3v) is 4.30. The number of aliphatic hydroxyl groups excluding tert-OH is 2. The summed E-state index contributed by atoms with van der Waals surface area (Å²) in [6, 6.07) is 0. The van der Waals surface area contributed by atoms with Gasteiger partial charge in [0.2, 0.25) is 0 Å². The van der Waals surface area contributed by atoms with Gasteiger partial charge < -0.3 is 10.2 Å². The van der Waals surface area contributed by atoms with Crippen LogP contribution in [0.5, 0.6) is 0 Å². The molecule has 0 amide bonds. The van der Waals surface area contributed by atoms with E-state index in [9.17, 15) is 5.11 Å². The molecule has 0 aliphatic carbocycles. The fourth-order valence-electron chi connectivity index (χ4n) is 2.81. The highest BCUT2D eigenvalue weighted by Crippen LogP contribution is 2.13. The largest absolute Gasteiger partial charge is 0.384 e. The van der Waals surface area contributed by atoms with Crippen LogP contribution in [0.3, 0.4) is 0 Å². The van der Waals surface area contributed by atoms with E-state index in [2.05, 4.69) is 30.6 Å². The monoisotopic (exact) mass is 334 g/mol. The summed E-state index contributed by atoms with van der Waals surface area (Å²) in [5.41, 5.74) is 0. The third-order valence-electron chi connectivity index (χ3n) is 4.30. The molecule has 0 radical (unpaired) electrons. The van der Waals surface area contributed by atoms with Crippen molar-refractivity contribution in [2.24, 2.45) is 0 Å². The van der Waals surface area contributed by atoms with Crippen LogP contribution in [0.1, 0.15) is 103 Å². The van der Waals surface area contributed by atoms with E-state index >= 15 is 0 Å². The molecular weight excluding hydrogens is 296 g/mol. The summed E-state index contributed by atoms with van der Waals surface area (Å²) in [4.78, 5) is 0. The predicted octanol–water partition coefficient (Wildman–Crippen LogP) is 5.22. The van der Waals surface area contributed by atoms with E-state index in [-0.39, 0.29) is 6.61 Å². The average molecular weight is 335 g/mol. The molecule has 0 rings (SSSR count). The van der Waals surface area contributed by atoms with E-state index in [1.165, 1.54) is 83.5 Å². The summed E-state index contributed by atoms with van der Waals surface area (Å²) >= 11 is 0. The topological polar surface area (TPSA) is 40.5 Å². The molecule has 0 aliphatic rings. The van der Waals surface area contributed by atoms with E-state index in [4.69, 9.17) is 5.11 Å². The molecule has 138 valence electrons. The van der Waals surface area contributed by atoms with E-state index in [1.54, 1.807) is 0 Å². The van der Waals surface area contributed by atoms with Crippen LogP contribution in [-0.4, -0.2) is 22.9 Å². The Balaban J connectivity index is 3.21. The number of rotatable bonds is 15. The van der Waals surface area contributed by atoms with Crippen molar-refractivity contribution in [1.29, 1.82) is 0 Å². The zero-order valence-electron chi connectivity index (χ0n) is 15.8. The fraction of sp³-hybridized carbons (Fsp3) is 0.818. The summed E-state index contributed by atoms with van der Waals surface area (Å²) in [6.45, 7) is 2.09. The summed E-state index contributed by atoms with van der Waals surface area (Å²) in [7, 11) is 0. The third kappa shape index (κ3) is 19.1. The molecule has 0 saturated carbocycles. The maximum absolute atomic E-state index is 9.64. The van der Waals surface area contributed by atoms with Crippen LogP contribution >= 0.6 is 0 Å². The molecule has 2 N–H and O–H groups in total. The zero-order valence-corrected chi connectivity index (χ0v) is 15.8. The first kappa shape index (κ1) is 23.0. The van der Waals surface area contributed by atoms with Crippen LogP contribution in [0.15, 0.2) is 0 Å². The van der Waals surface area contributed by atoms with Gasteiger partial charge in [-0.15, -0.1) is 0 Å². The first-order chi connectivity index (χ1) is 11.8. The van der Waals surface area contributed by atoms with Crippen LogP contribution in [0.25, 0.3) is 0 Å². The van der Waals surface area contributed by atoms with Crippen LogP contribution < -0.4 is 0 Å². The van der Waals surface area contributed by atoms with Crippen LogP contribution in [0, 0.1) is 23.7 Å². The average Bonchev–Trinajstić information content (AvgIpc) is 2.59. The quantitative estimate of drug-likeness (QED) is 0.318. The van der Waals surface area contributed by atoms with Crippen LogP contribution in [-0.2, 0) is 0 Å². The summed E-state index contributed by atoms with van der Waals surface area (Å²) < 4.78 is 0. The molecular formula is C22H38O2. The molecule has 0 aromatic carbocycles. The maximum Gasteiger partial charge on any atom is 0.115 e. The highest BCUT2D eigenvalue weighted by Gasteiger charge is 1.99. The first-order valence-electron chi connectivity index (χ1n) is 10.1. The van der Waals surface area contributed by atoms with E-state index in [0.29, 0.717) is 0 Å². The van der Waals surface area contributed by atoms with Gasteiger partial charge in [-0.25, -0.2) is 0 Å². The molecule has 0 aromatic rings. The smallest absolute Gasteiger partial charge is 0.115 e. The second kappa shape index (κ2) is 20.1. The van der Waals surface area contributed by atoms with Gasteiger partial charge in [0.1, 0.15) is 12.7 Å². The normalized spacial score (nSPS) is 11.3. The highest BCUT2D eigenvalue weighted by atomic mass is 16.3. The van der Waals surface area contributed by atoms with Crippen LogP contribution in [0.2, 0.25) is 0 Å². The minimum Gasteiger partial charge on any atom is -0.384 e. The van der Waals surface area contributed by atoms with Crippen molar-refractivity contribution in [3.05, 3.63) is 0 Å². The zero-order chi connectivity index (χ0) is 17.7. The SMILES string of the molecule is CCCCCCCCCCCCCCCC[C@@H](O)C#CC#CCO. The van der Waals surface area contributed by atoms with E-state index in [1.807, 2.05) is 0 Å². The Labute approximate surface area is 150 Å². The van der Waals surface area contributed by atoms with Gasteiger partial charge in [-0.05, 0) is 24.7 Å². The van der Waals surface area contributed by atoms with Crippen molar-refractivity contribution in [2.75, 3.05) is 6.61 Å². The standard InChI is InChI=1S/C22H38O2/c1-2-3-4-5-6-7-8-9-10-11-12-13-14-16-19-22(24)20-17-15-18-21-23/h22-24H,2-14,16,19,21H2,1H3/t22-/m1/s1. The molecule has 2 nitrogen and oxygen atoms in total. The Hall–Kier alpha value is -0.960. The molecule has 0 spiro atoms. The van der Waals surface area contributed by atoms with Gasteiger partial charge >= 0.3 is 0 Å². The Morgan fingerprint density at radius 3 is 1.58 bits per heavy atom. The van der Waals surface area contributed by atoms with Gasteiger partial charge in [0.05, 0.1) is 0 Å². The lowest BCUT2D eigenvalue weighted by molar-refractivity contribution is 0.217. The van der Waals surface area contributed by atoms with Gasteiger partial charge in [0, 0.05) is 0 Å². The molecule has 0 heterocycles. The fourth-order valence-corrected chi connectivity index (χ4v) is 2.81. The number of hydrogen-bond donors (Lipinski definition) is 2. The summed E-state index contributed by atoms with van der Waals surface area (Å²) in [5, 5.41) is 18.1. The molecule has 0 fully saturated rings. The van der Waals surface area contributed by atoms with Crippen molar-refractivity contribution in [3.63, 3.8) is 0 Å². The molecule has 0 saturated heterocycles. The van der Waals surface area contributed by atoms with Gasteiger partial charge in [-0.2, -0.15) is 0 Å². The van der Waals surface area contributed by atoms with Gasteiger partial charge in [0.15, 0.2) is 0 Å². The molecule has 1 atom stereocenters. The molecule has 24 heavy (non-hydrogen) atoms. The second-order valence-corrected chi connectivity index (χ2v) is 6.63. The van der Waals surface area contributed by atoms with Gasteiger partial charge in [-0.3, -0.25) is 0 Å². The molecule has 2 heteroatoms. The Morgan fingerprint density at radius 1 is 0.667 bits per heavy atom. The number of aliphatic hydroxyl groups is 2. The van der Waals surface area contributed by atoms with Crippen molar-refractivity contribution in [3.8, 4) is 23.7 Å². The van der Waals surface area contributed by atoms with Crippen LogP contribution in [0.4, 0.5) is 0 Å². The first-order valence-corrected chi connectivity index (χ1v) is 10.1. The lowest BCUT2D eigenvalue weighted by Crippen LogP contribution is -2.01. The lowest BCUT2D eigenvalue weighted by atomic mass is 10.0. The number of hydrogen-bond acceptors (Lipinski definition) is 2. The minimum atomic E-state index is -0.574. The van der Waals surface area contributed by atoms with Crippen molar-refractivity contribution >= 4 is 0 Å². The Kier molecular flexibility index (Phi) is 19.3. The van der Waals surface area contributed by atoms with Crippen molar-refractivity contribution in [1.82, 2.24) is 0 Å². The van der Waals surface area contributed by atoms with Gasteiger partial charge in [-0.1, -0.05) is 102 Å². The molecule has 0 bridgehead atoms. The molecule has 0 unspecified atom stereocenters. The van der Waals surface area contributed by atoms with E-state index < -0.39 is 6.10 Å². The summed E-state index contributed by atoms with van der Waals surface area (Å²) in [5.74, 6) is 10.2. The lowest BCUT2D eigenvalue weighted by Gasteiger charge is -2.04. The van der Waals surface area contributed by atoms with Gasteiger partial charge in [0.25, 0.3) is 0 Å². The number of unbranched alkanes of at least 4 members (excludes halogenated alkanes) is 13. The minimum absolute atomic E-state index is 0.177. The summed E-state index contributed by atoms with van der Waals surface area (Å²) in [6.07, 6.45) is 18.9. The molecule has 0 aromatic heterocycles. The Morgan fingerprint density at radius 2 is 1.12 bits per heavy atom. The second-order valence-electron chi connectivity index (χ2n) is 6.63. The van der Waals surface area contributed by atoms with Crippen molar-refractivity contribution in [2.45, 2.75) is 109 Å². The van der Waals surface area contributed by atoms with E-state index in [0.717, 1.165) is 12.8 Å².